The molecule has 1 unspecified atom stereocenters. The van der Waals surface area contributed by atoms with Gasteiger partial charge in [0.15, 0.2) is 0 Å². The van der Waals surface area contributed by atoms with Crippen LogP contribution in [0.5, 0.6) is 5.75 Å². The monoisotopic (exact) mass is 207 g/mol. The Morgan fingerprint density at radius 2 is 2.07 bits per heavy atom. The lowest BCUT2D eigenvalue weighted by Crippen LogP contribution is -2.20. The van der Waals surface area contributed by atoms with Gasteiger partial charge in [0.25, 0.3) is 0 Å². The van der Waals surface area contributed by atoms with Crippen LogP contribution in [-0.2, 0) is 0 Å². The van der Waals surface area contributed by atoms with E-state index in [1.807, 2.05) is 12.1 Å². The molecule has 2 nitrogen and oxygen atoms in total. The van der Waals surface area contributed by atoms with Crippen molar-refractivity contribution >= 4 is 0 Å². The Morgan fingerprint density at radius 1 is 1.33 bits per heavy atom. The first-order valence-electron chi connectivity index (χ1n) is 5.66. The molecule has 0 heterocycles. The smallest absolute Gasteiger partial charge is 0.123 e. The second kappa shape index (κ2) is 6.46. The predicted octanol–water partition coefficient (Wildman–Crippen LogP) is 3.15. The maximum atomic E-state index is 5.33. The van der Waals surface area contributed by atoms with Gasteiger partial charge in [-0.3, -0.25) is 0 Å². The Bertz CT molecular complexity index is 286. The van der Waals surface area contributed by atoms with Gasteiger partial charge in [0, 0.05) is 11.6 Å². The molecule has 0 spiro atoms. The number of hydrogen-bond acceptors (Lipinski definition) is 2. The molecule has 0 aliphatic rings. The van der Waals surface area contributed by atoms with Crippen molar-refractivity contribution in [3.05, 3.63) is 29.8 Å². The van der Waals surface area contributed by atoms with E-state index in [0.29, 0.717) is 6.04 Å². The van der Waals surface area contributed by atoms with Crippen molar-refractivity contribution in [2.45, 2.75) is 32.7 Å². The Hall–Kier alpha value is -1.02. The largest absolute Gasteiger partial charge is 0.496 e. The van der Waals surface area contributed by atoms with Crippen LogP contribution >= 0.6 is 0 Å². The van der Waals surface area contributed by atoms with Crippen molar-refractivity contribution in [3.63, 3.8) is 0 Å². The molecule has 1 aromatic carbocycles. The molecule has 1 atom stereocenters. The summed E-state index contributed by atoms with van der Waals surface area (Å²) >= 11 is 0. The van der Waals surface area contributed by atoms with Gasteiger partial charge in [-0.2, -0.15) is 0 Å². The molecule has 0 bridgehead atoms. The van der Waals surface area contributed by atoms with Crippen LogP contribution in [0, 0.1) is 0 Å². The summed E-state index contributed by atoms with van der Waals surface area (Å²) in [6.45, 7) is 5.44. The quantitative estimate of drug-likeness (QED) is 0.723. The van der Waals surface area contributed by atoms with E-state index in [9.17, 15) is 0 Å². The molecule has 0 radical (unpaired) electrons. The minimum absolute atomic E-state index is 0.354. The fourth-order valence-corrected chi connectivity index (χ4v) is 1.63. The highest BCUT2D eigenvalue weighted by atomic mass is 16.5. The number of hydrogen-bond donors (Lipinski definition) is 1. The lowest BCUT2D eigenvalue weighted by atomic mass is 10.1. The molecular formula is C13H21NO. The summed E-state index contributed by atoms with van der Waals surface area (Å²) in [4.78, 5) is 0. The van der Waals surface area contributed by atoms with Gasteiger partial charge in [0.2, 0.25) is 0 Å². The summed E-state index contributed by atoms with van der Waals surface area (Å²) in [5.74, 6) is 0.967. The van der Waals surface area contributed by atoms with Crippen LogP contribution in [-0.4, -0.2) is 13.7 Å². The molecule has 0 saturated heterocycles. The van der Waals surface area contributed by atoms with Gasteiger partial charge in [-0.15, -0.1) is 0 Å². The van der Waals surface area contributed by atoms with Gasteiger partial charge in [-0.1, -0.05) is 31.5 Å². The predicted molar refractivity (Wildman–Crippen MR) is 64.3 cm³/mol. The van der Waals surface area contributed by atoms with E-state index in [-0.39, 0.29) is 0 Å². The van der Waals surface area contributed by atoms with Gasteiger partial charge in [-0.25, -0.2) is 0 Å². The zero-order valence-electron chi connectivity index (χ0n) is 9.92. The van der Waals surface area contributed by atoms with Crippen LogP contribution in [0.1, 0.15) is 38.3 Å². The molecule has 1 aromatic rings. The number of unbranched alkanes of at least 4 members (excludes halogenated alkanes) is 1. The van der Waals surface area contributed by atoms with E-state index in [4.69, 9.17) is 4.74 Å². The highest BCUT2D eigenvalue weighted by Gasteiger charge is 2.08. The third kappa shape index (κ3) is 3.56. The second-order valence-electron chi connectivity index (χ2n) is 3.77. The molecule has 0 fully saturated rings. The molecule has 1 rings (SSSR count). The average Bonchev–Trinajstić information content (AvgIpc) is 2.29. The molecule has 0 aliphatic heterocycles. The van der Waals surface area contributed by atoms with Gasteiger partial charge < -0.3 is 10.1 Å². The highest BCUT2D eigenvalue weighted by Crippen LogP contribution is 2.23. The van der Waals surface area contributed by atoms with Crippen molar-refractivity contribution in [2.24, 2.45) is 0 Å². The first-order valence-corrected chi connectivity index (χ1v) is 5.66. The van der Waals surface area contributed by atoms with Crippen molar-refractivity contribution < 1.29 is 4.74 Å². The number of ether oxygens (including phenoxy) is 1. The van der Waals surface area contributed by atoms with Crippen molar-refractivity contribution in [1.29, 1.82) is 0 Å². The van der Waals surface area contributed by atoms with Crippen molar-refractivity contribution in [3.8, 4) is 5.75 Å². The Morgan fingerprint density at radius 3 is 2.73 bits per heavy atom. The number of nitrogens with one attached hydrogen (secondary N) is 1. The van der Waals surface area contributed by atoms with E-state index in [1.54, 1.807) is 7.11 Å². The number of para-hydroxylation sites is 1. The average molecular weight is 207 g/mol. The number of rotatable bonds is 6. The fraction of sp³-hybridized carbons (Fsp3) is 0.538. The van der Waals surface area contributed by atoms with E-state index in [0.717, 1.165) is 12.3 Å². The van der Waals surface area contributed by atoms with Crippen LogP contribution in [0.25, 0.3) is 0 Å². The zero-order chi connectivity index (χ0) is 11.1. The molecular weight excluding hydrogens is 186 g/mol. The Kier molecular flexibility index (Phi) is 5.19. The molecule has 0 aliphatic carbocycles. The highest BCUT2D eigenvalue weighted by molar-refractivity contribution is 5.35. The third-order valence-electron chi connectivity index (χ3n) is 2.59. The first kappa shape index (κ1) is 12.1. The summed E-state index contributed by atoms with van der Waals surface area (Å²) in [7, 11) is 1.72. The molecule has 0 aromatic heterocycles. The van der Waals surface area contributed by atoms with Crippen LogP contribution in [0.4, 0.5) is 0 Å². The molecule has 84 valence electrons. The maximum absolute atomic E-state index is 5.33. The van der Waals surface area contributed by atoms with Gasteiger partial charge in [0.05, 0.1) is 7.11 Å². The third-order valence-corrected chi connectivity index (χ3v) is 2.59. The maximum Gasteiger partial charge on any atom is 0.123 e. The molecule has 0 amide bonds. The molecule has 1 N–H and O–H groups in total. The second-order valence-corrected chi connectivity index (χ2v) is 3.77. The fourth-order valence-electron chi connectivity index (χ4n) is 1.63. The summed E-state index contributed by atoms with van der Waals surface area (Å²) in [5.41, 5.74) is 1.23. The number of benzene rings is 1. The van der Waals surface area contributed by atoms with Crippen LogP contribution in [0.3, 0.4) is 0 Å². The lowest BCUT2D eigenvalue weighted by Gasteiger charge is -2.16. The van der Waals surface area contributed by atoms with Crippen LogP contribution in [0.15, 0.2) is 24.3 Å². The zero-order valence-corrected chi connectivity index (χ0v) is 9.92. The molecule has 2 heteroatoms. The van der Waals surface area contributed by atoms with Crippen molar-refractivity contribution in [2.75, 3.05) is 13.7 Å². The van der Waals surface area contributed by atoms with E-state index in [1.165, 1.54) is 18.4 Å². The summed E-state index contributed by atoms with van der Waals surface area (Å²) in [5, 5.41) is 3.49. The Balaban J connectivity index is 2.59. The standard InChI is InChI=1S/C13H21NO/c1-4-5-10-14-11(2)12-8-6-7-9-13(12)15-3/h6-9,11,14H,4-5,10H2,1-3H3. The lowest BCUT2D eigenvalue weighted by molar-refractivity contribution is 0.401. The minimum atomic E-state index is 0.354. The molecule has 0 saturated carbocycles. The van der Waals surface area contributed by atoms with Crippen LogP contribution < -0.4 is 10.1 Å². The van der Waals surface area contributed by atoms with Gasteiger partial charge in [0.1, 0.15) is 5.75 Å². The minimum Gasteiger partial charge on any atom is -0.496 e. The van der Waals surface area contributed by atoms with Gasteiger partial charge >= 0.3 is 0 Å². The van der Waals surface area contributed by atoms with Gasteiger partial charge in [-0.05, 0) is 26.0 Å². The summed E-state index contributed by atoms with van der Waals surface area (Å²) < 4.78 is 5.33. The normalized spacial score (nSPS) is 12.5. The summed E-state index contributed by atoms with van der Waals surface area (Å²) in [6, 6.07) is 8.53. The van der Waals surface area contributed by atoms with E-state index < -0.39 is 0 Å². The van der Waals surface area contributed by atoms with E-state index >= 15 is 0 Å². The Labute approximate surface area is 92.6 Å². The van der Waals surface area contributed by atoms with Crippen molar-refractivity contribution in [1.82, 2.24) is 5.32 Å². The topological polar surface area (TPSA) is 21.3 Å². The number of methoxy groups -OCH3 is 1. The van der Waals surface area contributed by atoms with Crippen LogP contribution in [0.2, 0.25) is 0 Å². The molecule has 15 heavy (non-hydrogen) atoms. The SMILES string of the molecule is CCCCNC(C)c1ccccc1OC. The first-order chi connectivity index (χ1) is 7.29. The van der Waals surface area contributed by atoms with E-state index in [2.05, 4.69) is 31.3 Å². The summed E-state index contributed by atoms with van der Waals surface area (Å²) in [6.07, 6.45) is 2.45.